The van der Waals surface area contributed by atoms with Crippen LogP contribution in [-0.2, 0) is 0 Å². The minimum absolute atomic E-state index is 0.855. The van der Waals surface area contributed by atoms with Crippen molar-refractivity contribution in [3.63, 3.8) is 0 Å². The van der Waals surface area contributed by atoms with E-state index in [1.807, 2.05) is 35.6 Å². The highest BCUT2D eigenvalue weighted by molar-refractivity contribution is 7.26. The van der Waals surface area contributed by atoms with E-state index >= 15 is 0 Å². The lowest BCUT2D eigenvalue weighted by Crippen LogP contribution is -2.09. The Morgan fingerprint density at radius 3 is 1.64 bits per heavy atom. The molecule has 0 N–H and O–H groups in total. The number of hydrogen-bond donors (Lipinski definition) is 0. The maximum atomic E-state index is 6.38. The molecule has 5 heteroatoms. The zero-order valence-electron chi connectivity index (χ0n) is 29.4. The summed E-state index contributed by atoms with van der Waals surface area (Å²) in [6.07, 6.45) is 0. The van der Waals surface area contributed by atoms with Gasteiger partial charge in [-0.1, -0.05) is 103 Å². The maximum absolute atomic E-state index is 6.38. The topological polar surface area (TPSA) is 34.5 Å². The second-order valence-electron chi connectivity index (χ2n) is 14.1. The van der Waals surface area contributed by atoms with Crippen LogP contribution in [0, 0.1) is 0 Å². The lowest BCUT2D eigenvalue weighted by atomic mass is 10.0. The largest absolute Gasteiger partial charge is 0.456 e. The molecule has 0 amide bonds. The van der Waals surface area contributed by atoms with E-state index < -0.39 is 0 Å². The van der Waals surface area contributed by atoms with Crippen LogP contribution in [0.25, 0.3) is 91.9 Å². The highest BCUT2D eigenvalue weighted by Gasteiger charge is 2.21. The third-order valence-electron chi connectivity index (χ3n) is 11.0. The molecule has 4 heterocycles. The van der Waals surface area contributed by atoms with Gasteiger partial charge in [0.05, 0.1) is 5.52 Å². The summed E-state index contributed by atoms with van der Waals surface area (Å²) in [5.74, 6) is 0. The van der Waals surface area contributed by atoms with E-state index in [0.717, 1.165) is 60.9 Å². The van der Waals surface area contributed by atoms with Gasteiger partial charge >= 0.3 is 0 Å². The lowest BCUT2D eigenvalue weighted by Gasteiger charge is -2.25. The number of anilines is 3. The Balaban J connectivity index is 1.02. The van der Waals surface area contributed by atoms with Gasteiger partial charge in [-0.3, -0.25) is 0 Å². The quantitative estimate of drug-likeness (QED) is 0.177. The molecule has 8 aromatic carbocycles. The van der Waals surface area contributed by atoms with Crippen LogP contribution >= 0.6 is 11.3 Å². The van der Waals surface area contributed by atoms with Gasteiger partial charge in [-0.2, -0.15) is 0 Å². The zero-order valence-corrected chi connectivity index (χ0v) is 30.3. The molecule has 0 aliphatic carbocycles. The Labute approximate surface area is 319 Å². The summed E-state index contributed by atoms with van der Waals surface area (Å²) in [6, 6.07) is 64.6. The molecule has 4 aromatic heterocycles. The van der Waals surface area contributed by atoms with Crippen LogP contribution in [0.2, 0.25) is 0 Å². The van der Waals surface area contributed by atoms with Gasteiger partial charge in [0.2, 0.25) is 0 Å². The molecule has 0 saturated carbocycles. The molecule has 0 atom stereocenters. The van der Waals surface area contributed by atoms with E-state index in [4.69, 9.17) is 8.83 Å². The van der Waals surface area contributed by atoms with E-state index in [2.05, 4.69) is 167 Å². The van der Waals surface area contributed by atoms with E-state index in [0.29, 0.717) is 0 Å². The van der Waals surface area contributed by atoms with Crippen molar-refractivity contribution in [3.8, 4) is 16.8 Å². The number of nitrogens with zero attached hydrogens (tertiary/aromatic N) is 2. The molecule has 0 fully saturated rings. The second kappa shape index (κ2) is 11.7. The Bertz CT molecular complexity index is 3330. The van der Waals surface area contributed by atoms with E-state index in [1.54, 1.807) is 0 Å². The monoisotopic (exact) mass is 722 g/mol. The predicted molar refractivity (Wildman–Crippen MR) is 231 cm³/mol. The summed E-state index contributed by atoms with van der Waals surface area (Å²) in [5.41, 5.74) is 11.3. The summed E-state index contributed by atoms with van der Waals surface area (Å²) in [5, 5.41) is 8.32. The normalized spacial score (nSPS) is 12.0. The first-order valence-electron chi connectivity index (χ1n) is 18.5. The fourth-order valence-electron chi connectivity index (χ4n) is 8.52. The first-order valence-corrected chi connectivity index (χ1v) is 19.3. The number of furan rings is 2. The van der Waals surface area contributed by atoms with Gasteiger partial charge in [-0.15, -0.1) is 11.3 Å². The molecule has 0 radical (unpaired) electrons. The number of thiophene rings is 1. The lowest BCUT2D eigenvalue weighted by molar-refractivity contribution is 0.669. The average molecular weight is 723 g/mol. The first kappa shape index (κ1) is 30.4. The van der Waals surface area contributed by atoms with Crippen molar-refractivity contribution in [3.05, 3.63) is 182 Å². The molecule has 4 nitrogen and oxygen atoms in total. The van der Waals surface area contributed by atoms with Crippen LogP contribution in [-0.4, -0.2) is 4.57 Å². The van der Waals surface area contributed by atoms with E-state index in [9.17, 15) is 0 Å². The second-order valence-corrected chi connectivity index (χ2v) is 15.1. The number of para-hydroxylation sites is 4. The van der Waals surface area contributed by atoms with Crippen LogP contribution in [0.3, 0.4) is 0 Å². The number of hydrogen-bond acceptors (Lipinski definition) is 4. The summed E-state index contributed by atoms with van der Waals surface area (Å²) >= 11 is 1.87. The number of fused-ring (bicyclic) bond motifs is 11. The Kier molecular flexibility index (Phi) is 6.47. The molecule has 0 aliphatic rings. The van der Waals surface area contributed by atoms with Crippen LogP contribution in [0.4, 0.5) is 17.1 Å². The zero-order chi connectivity index (χ0) is 36.0. The third kappa shape index (κ3) is 4.57. The van der Waals surface area contributed by atoms with Crippen LogP contribution in [0.15, 0.2) is 191 Å². The van der Waals surface area contributed by atoms with Crippen molar-refractivity contribution in [2.24, 2.45) is 0 Å². The smallest absolute Gasteiger partial charge is 0.137 e. The summed E-state index contributed by atoms with van der Waals surface area (Å²) in [7, 11) is 0. The molecule has 12 rings (SSSR count). The third-order valence-corrected chi connectivity index (χ3v) is 12.2. The highest BCUT2D eigenvalue weighted by atomic mass is 32.1. The van der Waals surface area contributed by atoms with Crippen molar-refractivity contribution < 1.29 is 8.83 Å². The molecule has 0 saturated heterocycles. The van der Waals surface area contributed by atoms with Crippen LogP contribution in [0.5, 0.6) is 0 Å². The van der Waals surface area contributed by atoms with Crippen LogP contribution < -0.4 is 4.90 Å². The Morgan fingerprint density at radius 2 is 0.964 bits per heavy atom. The van der Waals surface area contributed by atoms with Gasteiger partial charge in [0.25, 0.3) is 0 Å². The molecule has 258 valence electrons. The van der Waals surface area contributed by atoms with Gasteiger partial charge in [0.15, 0.2) is 0 Å². The molecular weight excluding hydrogens is 693 g/mol. The molecule has 0 bridgehead atoms. The molecule has 12 aromatic rings. The highest BCUT2D eigenvalue weighted by Crippen LogP contribution is 2.46. The Hall–Kier alpha value is -7.08. The van der Waals surface area contributed by atoms with E-state index in [1.165, 1.54) is 48.0 Å². The fourth-order valence-corrected chi connectivity index (χ4v) is 9.91. The molecule has 0 aliphatic heterocycles. The van der Waals surface area contributed by atoms with Crippen molar-refractivity contribution in [2.75, 3.05) is 4.90 Å². The minimum atomic E-state index is 0.855. The van der Waals surface area contributed by atoms with Gasteiger partial charge < -0.3 is 18.3 Å². The fraction of sp³-hybridized carbons (Fsp3) is 0. The minimum Gasteiger partial charge on any atom is -0.456 e. The van der Waals surface area contributed by atoms with E-state index in [-0.39, 0.29) is 0 Å². The maximum Gasteiger partial charge on any atom is 0.137 e. The van der Waals surface area contributed by atoms with Crippen molar-refractivity contribution in [1.29, 1.82) is 0 Å². The van der Waals surface area contributed by atoms with Crippen LogP contribution in [0.1, 0.15) is 0 Å². The predicted octanol–water partition coefficient (Wildman–Crippen LogP) is 14.9. The van der Waals surface area contributed by atoms with Gasteiger partial charge in [0.1, 0.15) is 27.2 Å². The summed E-state index contributed by atoms with van der Waals surface area (Å²) in [6.45, 7) is 0. The number of benzene rings is 8. The van der Waals surface area contributed by atoms with Gasteiger partial charge in [-0.05, 0) is 77.9 Å². The molecular formula is C50H30N2O2S. The average Bonchev–Trinajstić information content (AvgIpc) is 3.99. The molecule has 0 unspecified atom stereocenters. The van der Waals surface area contributed by atoms with Gasteiger partial charge in [-0.25, -0.2) is 0 Å². The van der Waals surface area contributed by atoms with Crippen molar-refractivity contribution in [2.45, 2.75) is 0 Å². The number of rotatable bonds is 5. The summed E-state index contributed by atoms with van der Waals surface area (Å²) in [4.78, 5) is 3.55. The molecule has 0 spiro atoms. The first-order chi connectivity index (χ1) is 27.3. The van der Waals surface area contributed by atoms with Gasteiger partial charge in [0, 0.05) is 77.3 Å². The number of aromatic nitrogens is 1. The summed E-state index contributed by atoms with van der Waals surface area (Å²) < 4.78 is 16.5. The molecule has 55 heavy (non-hydrogen) atoms. The van der Waals surface area contributed by atoms with Crippen molar-refractivity contribution in [1.82, 2.24) is 4.57 Å². The SMILES string of the molecule is c1ccc(-n2c3ccccc3c3c4cccc(-c5ccc(N(c6ccc7c(c6)oc6ccccc67)c6ccc7c(c6)oc6ccccc67)cc5)c4sc32)cc1. The van der Waals surface area contributed by atoms with Crippen molar-refractivity contribution >= 4 is 103 Å². The standard InChI is InChI=1S/C50H30N2O2S/c1-2-11-32(12-3-1)52-43-18-7-4-15-41(43)48-42-17-10-16-36(49(42)55-50(48)52)31-21-23-33(24-22-31)51(34-25-27-39-37-13-5-8-19-44(37)53-46(39)29-34)35-26-28-40-38-14-6-9-20-45(38)54-47(40)30-35/h1-30H. The Morgan fingerprint density at radius 1 is 0.418 bits per heavy atom.